The van der Waals surface area contributed by atoms with Crippen molar-refractivity contribution in [2.24, 2.45) is 29.4 Å². The number of benzene rings is 5. The van der Waals surface area contributed by atoms with Crippen molar-refractivity contribution < 1.29 is 47.7 Å². The van der Waals surface area contributed by atoms with Gasteiger partial charge in [0.2, 0.25) is 11.8 Å². The van der Waals surface area contributed by atoms with E-state index in [0.717, 1.165) is 87.3 Å². The number of nitrogens with zero attached hydrogens (tertiary/aromatic N) is 6. The van der Waals surface area contributed by atoms with E-state index in [4.69, 9.17) is 29.4 Å². The van der Waals surface area contributed by atoms with Gasteiger partial charge in [-0.2, -0.15) is 0 Å². The molecule has 7 aromatic rings. The summed E-state index contributed by atoms with van der Waals surface area (Å²) in [4.78, 5) is 87.0. The molecule has 0 spiro atoms. The third-order valence-electron chi connectivity index (χ3n) is 15.3. The maximum absolute atomic E-state index is 13.8. The third-order valence-corrected chi connectivity index (χ3v) is 15.3. The van der Waals surface area contributed by atoms with Crippen LogP contribution in [0.3, 0.4) is 0 Å². The molecule has 5 aromatic carbocycles. The summed E-state index contributed by atoms with van der Waals surface area (Å²) in [6.07, 6.45) is 11.1. The normalized spacial score (nSPS) is 14.0. The summed E-state index contributed by atoms with van der Waals surface area (Å²) in [5.74, 6) is 1.77. The summed E-state index contributed by atoms with van der Waals surface area (Å²) in [6, 6.07) is 36.2. The van der Waals surface area contributed by atoms with Crippen molar-refractivity contribution in [3.8, 4) is 56.5 Å². The SMILES string of the molecule is COC(=O)C1CN(C(=O)[C@H](Cc2ccc(-c3ncc(-c4ccc(OCCCC(C)C)cc4)cn3)cc2)NC(=O)OCc2ccc(COC(=O)C3CN(C(=O)[C@@H](N)Cc4ccc(-c5ncc(-c6ccc(OCCCC(C)C)cc6)cn5)cc4)C3)cc2)C1. The minimum Gasteiger partial charge on any atom is -0.494 e. The van der Waals surface area contributed by atoms with Crippen LogP contribution < -0.4 is 20.5 Å². The van der Waals surface area contributed by atoms with E-state index in [1.807, 2.05) is 97.1 Å². The summed E-state index contributed by atoms with van der Waals surface area (Å²) >= 11 is 0. The predicted octanol–water partition coefficient (Wildman–Crippen LogP) is 10.1. The molecule has 2 aromatic heterocycles. The molecule has 3 amide bonds. The molecule has 18 heteroatoms. The Morgan fingerprint density at radius 2 is 0.895 bits per heavy atom. The zero-order valence-electron chi connectivity index (χ0n) is 49.6. The molecule has 18 nitrogen and oxygen atoms in total. The molecule has 2 aliphatic rings. The number of carbonyl (C=O) groups is 5. The first-order valence-electron chi connectivity index (χ1n) is 29.5. The Morgan fingerprint density at radius 3 is 1.34 bits per heavy atom. The van der Waals surface area contributed by atoms with Crippen LogP contribution in [0.15, 0.2) is 146 Å². The van der Waals surface area contributed by atoms with Crippen molar-refractivity contribution in [2.75, 3.05) is 46.5 Å². The summed E-state index contributed by atoms with van der Waals surface area (Å²) < 4.78 is 27.8. The molecule has 2 atom stereocenters. The van der Waals surface area contributed by atoms with Crippen LogP contribution in [-0.2, 0) is 59.4 Å². The van der Waals surface area contributed by atoms with Crippen molar-refractivity contribution in [1.29, 1.82) is 0 Å². The highest BCUT2D eigenvalue weighted by atomic mass is 16.6. The molecule has 0 radical (unpaired) electrons. The monoisotopic (exact) mass is 1160 g/mol. The number of rotatable bonds is 27. The second-order valence-electron chi connectivity index (χ2n) is 22.9. The number of alkyl carbamates (subject to hydrolysis) is 1. The Labute approximate surface area is 502 Å². The molecule has 4 heterocycles. The molecular formula is C68H76N8O10. The quantitative estimate of drug-likeness (QED) is 0.0277. The van der Waals surface area contributed by atoms with E-state index in [2.05, 4.69) is 52.9 Å². The Balaban J connectivity index is 0.690. The van der Waals surface area contributed by atoms with E-state index in [1.165, 1.54) is 12.0 Å². The minimum atomic E-state index is -0.995. The van der Waals surface area contributed by atoms with Crippen LogP contribution in [0.25, 0.3) is 45.0 Å². The number of nitrogens with one attached hydrogen (secondary N) is 1. The van der Waals surface area contributed by atoms with E-state index in [9.17, 15) is 24.0 Å². The van der Waals surface area contributed by atoms with Gasteiger partial charge in [-0.05, 0) is 102 Å². The average Bonchev–Trinajstić information content (AvgIpc) is 2.63. The van der Waals surface area contributed by atoms with Gasteiger partial charge in [0.05, 0.1) is 38.2 Å². The Bertz CT molecular complexity index is 3350. The summed E-state index contributed by atoms with van der Waals surface area (Å²) in [5, 5.41) is 2.75. The molecule has 86 heavy (non-hydrogen) atoms. The van der Waals surface area contributed by atoms with Gasteiger partial charge in [-0.15, -0.1) is 0 Å². The first-order valence-corrected chi connectivity index (χ1v) is 29.5. The number of hydrogen-bond donors (Lipinski definition) is 2. The van der Waals surface area contributed by atoms with Crippen molar-refractivity contribution in [2.45, 2.75) is 91.5 Å². The van der Waals surface area contributed by atoms with Gasteiger partial charge in [-0.25, -0.2) is 24.7 Å². The minimum absolute atomic E-state index is 0.0138. The largest absolute Gasteiger partial charge is 0.494 e. The number of carbonyl (C=O) groups excluding carboxylic acids is 5. The molecule has 3 N–H and O–H groups in total. The number of esters is 2. The molecule has 0 saturated carbocycles. The molecule has 2 saturated heterocycles. The number of amides is 3. The lowest BCUT2D eigenvalue weighted by atomic mass is 9.97. The van der Waals surface area contributed by atoms with Gasteiger partial charge in [0.15, 0.2) is 11.6 Å². The zero-order valence-corrected chi connectivity index (χ0v) is 49.6. The Kier molecular flexibility index (Phi) is 21.2. The molecule has 2 aliphatic heterocycles. The second-order valence-corrected chi connectivity index (χ2v) is 22.9. The van der Waals surface area contributed by atoms with Crippen LogP contribution in [0.5, 0.6) is 11.5 Å². The van der Waals surface area contributed by atoms with Crippen LogP contribution in [0.1, 0.15) is 75.6 Å². The zero-order chi connectivity index (χ0) is 60.5. The lowest BCUT2D eigenvalue weighted by Crippen LogP contribution is -2.59. The lowest BCUT2D eigenvalue weighted by molar-refractivity contribution is -0.160. The standard InChI is InChI=1S/C68H76N8O10/c1-44(2)8-6-30-83-58-26-22-50(23-27-58)54-34-70-62(71-35-54)52-18-14-46(15-19-52)32-60(69)64(77)75-40-57(41-75)67(80)85-42-48-10-12-49(13-11-48)43-86-68(81)74-61(65(78)76-38-56(39-76)66(79)82-5)33-47-16-20-53(21-17-47)63-72-36-55(37-73-63)51-24-28-59(29-25-51)84-31-7-9-45(3)4/h10-29,34-37,44-45,56-57,60-61H,6-9,30-33,38-43,69H2,1-5H3,(H,74,81)/t60-,61-/m0/s1. The molecule has 0 bridgehead atoms. The van der Waals surface area contributed by atoms with Gasteiger partial charge in [-0.3, -0.25) is 19.2 Å². The number of likely N-dealkylation sites (tertiary alicyclic amines) is 2. The fourth-order valence-electron chi connectivity index (χ4n) is 10.0. The van der Waals surface area contributed by atoms with Crippen LogP contribution in [0, 0.1) is 23.7 Å². The predicted molar refractivity (Wildman–Crippen MR) is 326 cm³/mol. The summed E-state index contributed by atoms with van der Waals surface area (Å²) in [5.41, 5.74) is 14.8. The van der Waals surface area contributed by atoms with Crippen LogP contribution in [-0.4, -0.2) is 118 Å². The van der Waals surface area contributed by atoms with Gasteiger partial charge in [0, 0.05) is 79.6 Å². The molecule has 2 fully saturated rings. The van der Waals surface area contributed by atoms with E-state index < -0.39 is 42.0 Å². The highest BCUT2D eigenvalue weighted by Gasteiger charge is 2.40. The van der Waals surface area contributed by atoms with Gasteiger partial charge in [0.1, 0.15) is 30.8 Å². The van der Waals surface area contributed by atoms with E-state index in [0.29, 0.717) is 48.7 Å². The first-order chi connectivity index (χ1) is 41.6. The van der Waals surface area contributed by atoms with Gasteiger partial charge >= 0.3 is 18.0 Å². The van der Waals surface area contributed by atoms with E-state index in [-0.39, 0.29) is 57.6 Å². The fourth-order valence-corrected chi connectivity index (χ4v) is 10.0. The van der Waals surface area contributed by atoms with Crippen molar-refractivity contribution in [3.63, 3.8) is 0 Å². The number of nitrogens with two attached hydrogens (primary N) is 1. The molecular weight excluding hydrogens is 1090 g/mol. The fraction of sp³-hybridized carbons (Fsp3) is 0.368. The number of methoxy groups -OCH3 is 1. The van der Waals surface area contributed by atoms with Gasteiger partial charge < -0.3 is 44.5 Å². The number of ether oxygens (including phenoxy) is 5. The van der Waals surface area contributed by atoms with Crippen molar-refractivity contribution in [1.82, 2.24) is 35.1 Å². The first kappa shape index (κ1) is 61.5. The highest BCUT2D eigenvalue weighted by molar-refractivity contribution is 5.88. The Morgan fingerprint density at radius 1 is 0.500 bits per heavy atom. The summed E-state index contributed by atoms with van der Waals surface area (Å²) in [6.45, 7) is 10.9. The van der Waals surface area contributed by atoms with Crippen LogP contribution in [0.4, 0.5) is 4.79 Å². The average molecular weight is 1170 g/mol. The topological polar surface area (TPSA) is 228 Å². The molecule has 448 valence electrons. The number of hydrogen-bond acceptors (Lipinski definition) is 15. The smallest absolute Gasteiger partial charge is 0.408 e. The van der Waals surface area contributed by atoms with Crippen LogP contribution in [0.2, 0.25) is 0 Å². The maximum Gasteiger partial charge on any atom is 0.408 e. The second kappa shape index (κ2) is 29.7. The highest BCUT2D eigenvalue weighted by Crippen LogP contribution is 2.28. The Hall–Kier alpha value is -9.03. The van der Waals surface area contributed by atoms with Crippen LogP contribution >= 0.6 is 0 Å². The van der Waals surface area contributed by atoms with Gasteiger partial charge in [0.25, 0.3) is 0 Å². The van der Waals surface area contributed by atoms with E-state index >= 15 is 0 Å². The summed E-state index contributed by atoms with van der Waals surface area (Å²) in [7, 11) is 1.31. The number of aromatic nitrogens is 4. The molecule has 0 unspecified atom stereocenters. The maximum atomic E-state index is 13.8. The van der Waals surface area contributed by atoms with Crippen molar-refractivity contribution >= 4 is 29.8 Å². The van der Waals surface area contributed by atoms with E-state index in [1.54, 1.807) is 54.0 Å². The third kappa shape index (κ3) is 17.1. The lowest BCUT2D eigenvalue weighted by Gasteiger charge is -2.39. The molecule has 9 rings (SSSR count). The molecule has 0 aliphatic carbocycles. The van der Waals surface area contributed by atoms with Crippen molar-refractivity contribution in [3.05, 3.63) is 168 Å². The van der Waals surface area contributed by atoms with Gasteiger partial charge in [-0.1, -0.05) is 125 Å².